The summed E-state index contributed by atoms with van der Waals surface area (Å²) < 4.78 is 13.7. The smallest absolute Gasteiger partial charge is 0.146 e. The van der Waals surface area contributed by atoms with Crippen molar-refractivity contribution in [2.24, 2.45) is 0 Å². The van der Waals surface area contributed by atoms with Crippen LogP contribution in [0.3, 0.4) is 0 Å². The van der Waals surface area contributed by atoms with Gasteiger partial charge in [0.1, 0.15) is 5.82 Å². The zero-order valence-electron chi connectivity index (χ0n) is 10.7. The van der Waals surface area contributed by atoms with E-state index < -0.39 is 0 Å². The molecule has 1 heterocycles. The number of piperidine rings is 1. The standard InChI is InChI=1S/C14H21FN2/c1-3-17-9-7-12(8-10-17)16-14-11(2)5-4-6-13(14)15/h4-6,12,16H,3,7-10H2,1-2H3. The Balaban J connectivity index is 1.98. The molecule has 0 spiro atoms. The van der Waals surface area contributed by atoms with Crippen LogP contribution in [0.2, 0.25) is 0 Å². The Morgan fingerprint density at radius 1 is 1.35 bits per heavy atom. The van der Waals surface area contributed by atoms with Crippen LogP contribution in [0, 0.1) is 12.7 Å². The van der Waals surface area contributed by atoms with Gasteiger partial charge in [0.25, 0.3) is 0 Å². The molecule has 0 aromatic heterocycles. The molecule has 1 aliphatic heterocycles. The monoisotopic (exact) mass is 236 g/mol. The predicted octanol–water partition coefficient (Wildman–Crippen LogP) is 3.03. The van der Waals surface area contributed by atoms with Gasteiger partial charge in [-0.1, -0.05) is 19.1 Å². The number of aryl methyl sites for hydroxylation is 1. The van der Waals surface area contributed by atoms with Crippen LogP contribution in [-0.4, -0.2) is 30.6 Å². The fourth-order valence-corrected chi connectivity index (χ4v) is 2.41. The first kappa shape index (κ1) is 12.4. The number of hydrogen-bond donors (Lipinski definition) is 1. The number of para-hydroxylation sites is 1. The first-order valence-corrected chi connectivity index (χ1v) is 6.44. The molecule has 0 saturated carbocycles. The van der Waals surface area contributed by atoms with E-state index in [0.717, 1.165) is 38.0 Å². The van der Waals surface area contributed by atoms with Gasteiger partial charge in [-0.3, -0.25) is 0 Å². The SMILES string of the molecule is CCN1CCC(Nc2c(C)cccc2F)CC1. The van der Waals surface area contributed by atoms with Crippen molar-refractivity contribution >= 4 is 5.69 Å². The van der Waals surface area contributed by atoms with Crippen LogP contribution in [-0.2, 0) is 0 Å². The molecule has 1 fully saturated rings. The van der Waals surface area contributed by atoms with Crippen molar-refractivity contribution in [1.29, 1.82) is 0 Å². The highest BCUT2D eigenvalue weighted by atomic mass is 19.1. The number of halogens is 1. The maximum atomic E-state index is 13.7. The fourth-order valence-electron chi connectivity index (χ4n) is 2.41. The second-order valence-electron chi connectivity index (χ2n) is 4.78. The normalized spacial score (nSPS) is 18.3. The zero-order valence-corrected chi connectivity index (χ0v) is 10.7. The molecule has 0 aliphatic carbocycles. The van der Waals surface area contributed by atoms with E-state index in [1.165, 1.54) is 6.07 Å². The lowest BCUT2D eigenvalue weighted by Crippen LogP contribution is -2.39. The van der Waals surface area contributed by atoms with Crippen LogP contribution in [0.25, 0.3) is 0 Å². The summed E-state index contributed by atoms with van der Waals surface area (Å²) in [5.41, 5.74) is 1.67. The fraction of sp³-hybridized carbons (Fsp3) is 0.571. The molecule has 2 nitrogen and oxygen atoms in total. The lowest BCUT2D eigenvalue weighted by atomic mass is 10.0. The molecular weight excluding hydrogens is 215 g/mol. The molecule has 1 saturated heterocycles. The number of hydrogen-bond acceptors (Lipinski definition) is 2. The van der Waals surface area contributed by atoms with E-state index in [4.69, 9.17) is 0 Å². The molecule has 1 aromatic rings. The molecule has 3 heteroatoms. The molecule has 0 atom stereocenters. The summed E-state index contributed by atoms with van der Waals surface area (Å²) in [6.45, 7) is 7.48. The maximum Gasteiger partial charge on any atom is 0.146 e. The summed E-state index contributed by atoms with van der Waals surface area (Å²) in [7, 11) is 0. The third-order valence-electron chi connectivity index (χ3n) is 3.61. The highest BCUT2D eigenvalue weighted by molar-refractivity contribution is 5.52. The summed E-state index contributed by atoms with van der Waals surface area (Å²) in [5.74, 6) is -0.136. The van der Waals surface area contributed by atoms with Gasteiger partial charge < -0.3 is 10.2 Å². The quantitative estimate of drug-likeness (QED) is 0.867. The summed E-state index contributed by atoms with van der Waals surface area (Å²) >= 11 is 0. The Morgan fingerprint density at radius 2 is 2.06 bits per heavy atom. The van der Waals surface area contributed by atoms with Crippen molar-refractivity contribution < 1.29 is 4.39 Å². The van der Waals surface area contributed by atoms with Crippen LogP contribution in [0.5, 0.6) is 0 Å². The average molecular weight is 236 g/mol. The van der Waals surface area contributed by atoms with Crippen LogP contribution in [0.4, 0.5) is 10.1 Å². The summed E-state index contributed by atoms with van der Waals surface area (Å²) in [5, 5.41) is 3.36. The number of benzene rings is 1. The number of anilines is 1. The molecule has 0 radical (unpaired) electrons. The minimum Gasteiger partial charge on any atom is -0.380 e. The number of likely N-dealkylation sites (tertiary alicyclic amines) is 1. The van der Waals surface area contributed by atoms with E-state index in [9.17, 15) is 4.39 Å². The predicted molar refractivity (Wildman–Crippen MR) is 69.9 cm³/mol. The first-order chi connectivity index (χ1) is 8.20. The average Bonchev–Trinajstić information content (AvgIpc) is 2.35. The largest absolute Gasteiger partial charge is 0.380 e. The first-order valence-electron chi connectivity index (χ1n) is 6.44. The minimum atomic E-state index is -0.136. The van der Waals surface area contributed by atoms with Gasteiger partial charge in [0.15, 0.2) is 0 Å². The third-order valence-corrected chi connectivity index (χ3v) is 3.61. The van der Waals surface area contributed by atoms with E-state index in [1.54, 1.807) is 6.07 Å². The minimum absolute atomic E-state index is 0.136. The topological polar surface area (TPSA) is 15.3 Å². The molecule has 0 unspecified atom stereocenters. The molecule has 94 valence electrons. The van der Waals surface area contributed by atoms with E-state index in [1.807, 2.05) is 13.0 Å². The number of rotatable bonds is 3. The number of nitrogens with zero attached hydrogens (tertiary/aromatic N) is 1. The second kappa shape index (κ2) is 5.50. The lowest BCUT2D eigenvalue weighted by molar-refractivity contribution is 0.229. The van der Waals surface area contributed by atoms with E-state index in [0.29, 0.717) is 11.7 Å². The summed E-state index contributed by atoms with van der Waals surface area (Å²) in [4.78, 5) is 2.44. The Labute approximate surface area is 103 Å². The molecule has 0 bridgehead atoms. The van der Waals surface area contributed by atoms with Gasteiger partial charge in [0.2, 0.25) is 0 Å². The van der Waals surface area contributed by atoms with Crippen molar-refractivity contribution in [2.45, 2.75) is 32.7 Å². The molecule has 1 N–H and O–H groups in total. The Kier molecular flexibility index (Phi) is 4.00. The van der Waals surface area contributed by atoms with E-state index >= 15 is 0 Å². The van der Waals surface area contributed by atoms with Gasteiger partial charge in [-0.25, -0.2) is 4.39 Å². The van der Waals surface area contributed by atoms with Gasteiger partial charge in [0, 0.05) is 19.1 Å². The summed E-state index contributed by atoms with van der Waals surface area (Å²) in [6.07, 6.45) is 2.20. The van der Waals surface area contributed by atoms with E-state index in [2.05, 4.69) is 17.1 Å². The van der Waals surface area contributed by atoms with Crippen LogP contribution in [0.1, 0.15) is 25.3 Å². The van der Waals surface area contributed by atoms with Crippen LogP contribution >= 0.6 is 0 Å². The highest BCUT2D eigenvalue weighted by Gasteiger charge is 2.19. The maximum absolute atomic E-state index is 13.7. The molecular formula is C14H21FN2. The van der Waals surface area contributed by atoms with Crippen molar-refractivity contribution in [1.82, 2.24) is 4.90 Å². The molecule has 0 amide bonds. The second-order valence-corrected chi connectivity index (χ2v) is 4.78. The number of nitrogens with one attached hydrogen (secondary N) is 1. The third kappa shape index (κ3) is 2.97. The molecule has 1 aromatic carbocycles. The van der Waals surface area contributed by atoms with Crippen molar-refractivity contribution in [2.75, 3.05) is 25.0 Å². The zero-order chi connectivity index (χ0) is 12.3. The van der Waals surface area contributed by atoms with Gasteiger partial charge in [-0.15, -0.1) is 0 Å². The van der Waals surface area contributed by atoms with E-state index in [-0.39, 0.29) is 5.82 Å². The Hall–Kier alpha value is -1.09. The molecule has 17 heavy (non-hydrogen) atoms. The Morgan fingerprint density at radius 3 is 2.65 bits per heavy atom. The Bertz CT molecular complexity index is 350. The van der Waals surface area contributed by atoms with Gasteiger partial charge in [-0.05, 0) is 37.9 Å². The van der Waals surface area contributed by atoms with Gasteiger partial charge in [-0.2, -0.15) is 0 Å². The highest BCUT2D eigenvalue weighted by Crippen LogP contribution is 2.22. The lowest BCUT2D eigenvalue weighted by Gasteiger charge is -2.32. The molecule has 2 rings (SSSR count). The van der Waals surface area contributed by atoms with Crippen LogP contribution in [0.15, 0.2) is 18.2 Å². The van der Waals surface area contributed by atoms with Gasteiger partial charge >= 0.3 is 0 Å². The van der Waals surface area contributed by atoms with Crippen molar-refractivity contribution in [3.05, 3.63) is 29.6 Å². The summed E-state index contributed by atoms with van der Waals surface area (Å²) in [6, 6.07) is 5.65. The van der Waals surface area contributed by atoms with Crippen molar-refractivity contribution in [3.8, 4) is 0 Å². The molecule has 1 aliphatic rings. The van der Waals surface area contributed by atoms with Crippen LogP contribution < -0.4 is 5.32 Å². The van der Waals surface area contributed by atoms with Gasteiger partial charge in [0.05, 0.1) is 5.69 Å². The van der Waals surface area contributed by atoms with Crippen molar-refractivity contribution in [3.63, 3.8) is 0 Å².